The van der Waals surface area contributed by atoms with E-state index in [9.17, 15) is 18.0 Å². The summed E-state index contributed by atoms with van der Waals surface area (Å²) >= 11 is 1.36. The molecule has 0 aliphatic carbocycles. The van der Waals surface area contributed by atoms with Gasteiger partial charge in [0.2, 0.25) is 0 Å². The molecule has 0 spiro atoms. The molecule has 0 saturated heterocycles. The number of H-pyrrole nitrogens is 1. The van der Waals surface area contributed by atoms with Gasteiger partial charge in [0.1, 0.15) is 16.3 Å². The lowest BCUT2D eigenvalue weighted by Gasteiger charge is -2.09. The second kappa shape index (κ2) is 7.16. The average Bonchev–Trinajstić information content (AvgIpc) is 2.99. The lowest BCUT2D eigenvalue weighted by molar-refractivity contribution is -0.274. The fourth-order valence-corrected chi connectivity index (χ4v) is 4.12. The highest BCUT2D eigenvalue weighted by atomic mass is 32.1. The molecule has 4 aromatic rings. The topological polar surface area (TPSA) is 58.2 Å². The van der Waals surface area contributed by atoms with E-state index >= 15 is 0 Å². The van der Waals surface area contributed by atoms with Crippen molar-refractivity contribution in [3.8, 4) is 16.9 Å². The Kier molecular flexibility index (Phi) is 4.79. The number of hydrogen-bond acceptors (Lipinski definition) is 5. The lowest BCUT2D eigenvalue weighted by atomic mass is 10.0. The van der Waals surface area contributed by atoms with Crippen molar-refractivity contribution in [1.29, 1.82) is 0 Å². The molecule has 0 radical (unpaired) electrons. The number of rotatable bonds is 4. The zero-order valence-electron chi connectivity index (χ0n) is 15.5. The molecule has 0 fully saturated rings. The summed E-state index contributed by atoms with van der Waals surface area (Å²) in [5.41, 5.74) is 2.00. The first-order valence-corrected chi connectivity index (χ1v) is 9.47. The second-order valence-corrected chi connectivity index (χ2v) is 7.87. The van der Waals surface area contributed by atoms with Gasteiger partial charge in [-0.1, -0.05) is 18.2 Å². The SMILES string of the molecule is CN(C)Cc1nc2c(sc3ccc(-c4ccc(OC(F)(F)F)cc4)cc32)c(=O)[nH]1. The number of ether oxygens (including phenoxy) is 1. The number of benzene rings is 2. The Morgan fingerprint density at radius 3 is 2.45 bits per heavy atom. The van der Waals surface area contributed by atoms with Crippen LogP contribution in [0.2, 0.25) is 0 Å². The highest BCUT2D eigenvalue weighted by Gasteiger charge is 2.31. The van der Waals surface area contributed by atoms with Gasteiger partial charge in [-0.3, -0.25) is 4.79 Å². The van der Waals surface area contributed by atoms with Gasteiger partial charge in [0.15, 0.2) is 0 Å². The van der Waals surface area contributed by atoms with Crippen LogP contribution in [-0.4, -0.2) is 35.3 Å². The number of nitrogens with one attached hydrogen (secondary N) is 1. The molecule has 29 heavy (non-hydrogen) atoms. The van der Waals surface area contributed by atoms with Crippen LogP contribution in [0, 0.1) is 0 Å². The Labute approximate surface area is 167 Å². The quantitative estimate of drug-likeness (QED) is 0.518. The maximum atomic E-state index is 12.4. The minimum atomic E-state index is -4.72. The van der Waals surface area contributed by atoms with Crippen molar-refractivity contribution in [1.82, 2.24) is 14.9 Å². The van der Waals surface area contributed by atoms with Gasteiger partial charge in [0.25, 0.3) is 5.56 Å². The highest BCUT2D eigenvalue weighted by molar-refractivity contribution is 7.25. The first-order valence-electron chi connectivity index (χ1n) is 8.66. The van der Waals surface area contributed by atoms with Crippen LogP contribution in [0.15, 0.2) is 47.3 Å². The Bertz CT molecular complexity index is 1240. The van der Waals surface area contributed by atoms with Crippen molar-refractivity contribution in [2.24, 2.45) is 0 Å². The lowest BCUT2D eigenvalue weighted by Crippen LogP contribution is -2.17. The van der Waals surface area contributed by atoms with Crippen molar-refractivity contribution in [2.75, 3.05) is 14.1 Å². The predicted octanol–water partition coefficient (Wildman–Crippen LogP) is 4.77. The third-order valence-electron chi connectivity index (χ3n) is 4.26. The third-order valence-corrected chi connectivity index (χ3v) is 5.42. The molecule has 0 bridgehead atoms. The van der Waals surface area contributed by atoms with E-state index < -0.39 is 6.36 Å². The number of thiophene rings is 1. The zero-order chi connectivity index (χ0) is 20.8. The van der Waals surface area contributed by atoms with E-state index in [0.717, 1.165) is 21.2 Å². The first-order chi connectivity index (χ1) is 13.7. The van der Waals surface area contributed by atoms with E-state index in [-0.39, 0.29) is 11.3 Å². The van der Waals surface area contributed by atoms with Crippen LogP contribution in [0.25, 0.3) is 31.4 Å². The Hall–Kier alpha value is -2.91. The Balaban J connectivity index is 1.77. The molecule has 9 heteroatoms. The van der Waals surface area contributed by atoms with Crippen molar-refractivity contribution >= 4 is 31.6 Å². The monoisotopic (exact) mass is 419 g/mol. The normalized spacial score (nSPS) is 12.2. The minimum absolute atomic E-state index is 0.178. The molecule has 150 valence electrons. The zero-order valence-corrected chi connectivity index (χ0v) is 16.3. The number of halogens is 3. The van der Waals surface area contributed by atoms with Gasteiger partial charge in [0, 0.05) is 10.1 Å². The molecule has 1 N–H and O–H groups in total. The maximum absolute atomic E-state index is 12.4. The molecule has 2 heterocycles. The van der Waals surface area contributed by atoms with Gasteiger partial charge < -0.3 is 14.6 Å². The molecule has 4 rings (SSSR count). The molecule has 0 amide bonds. The van der Waals surface area contributed by atoms with E-state index in [1.165, 1.54) is 23.5 Å². The Morgan fingerprint density at radius 1 is 1.10 bits per heavy atom. The summed E-state index contributed by atoms with van der Waals surface area (Å²) in [6, 6.07) is 11.3. The van der Waals surface area contributed by atoms with Gasteiger partial charge in [-0.25, -0.2) is 4.98 Å². The van der Waals surface area contributed by atoms with Crippen molar-refractivity contribution in [3.05, 3.63) is 58.6 Å². The molecule has 0 aliphatic rings. The van der Waals surface area contributed by atoms with Crippen LogP contribution in [0.3, 0.4) is 0 Å². The average molecular weight is 419 g/mol. The number of nitrogens with zero attached hydrogens (tertiary/aromatic N) is 2. The summed E-state index contributed by atoms with van der Waals surface area (Å²) in [5.74, 6) is 0.302. The van der Waals surface area contributed by atoms with Crippen LogP contribution in [0.5, 0.6) is 5.75 Å². The number of hydrogen-bond donors (Lipinski definition) is 1. The predicted molar refractivity (Wildman–Crippen MR) is 107 cm³/mol. The largest absolute Gasteiger partial charge is 0.573 e. The summed E-state index contributed by atoms with van der Waals surface area (Å²) in [6.45, 7) is 0.503. The van der Waals surface area contributed by atoms with E-state index in [1.54, 1.807) is 12.1 Å². The molecule has 0 aliphatic heterocycles. The summed E-state index contributed by atoms with van der Waals surface area (Å²) in [7, 11) is 3.78. The van der Waals surface area contributed by atoms with Crippen molar-refractivity contribution in [2.45, 2.75) is 12.9 Å². The smallest absolute Gasteiger partial charge is 0.406 e. The molecule has 5 nitrogen and oxygen atoms in total. The summed E-state index contributed by atoms with van der Waals surface area (Å²) in [6.07, 6.45) is -4.72. The Morgan fingerprint density at radius 2 is 1.79 bits per heavy atom. The van der Waals surface area contributed by atoms with Crippen LogP contribution in [0.4, 0.5) is 13.2 Å². The second-order valence-electron chi connectivity index (χ2n) is 6.81. The van der Waals surface area contributed by atoms with Crippen LogP contribution < -0.4 is 10.3 Å². The highest BCUT2D eigenvalue weighted by Crippen LogP contribution is 2.34. The maximum Gasteiger partial charge on any atom is 0.573 e. The van der Waals surface area contributed by atoms with E-state index in [2.05, 4.69) is 14.7 Å². The van der Waals surface area contributed by atoms with Crippen LogP contribution in [-0.2, 0) is 6.54 Å². The summed E-state index contributed by atoms with van der Waals surface area (Å²) < 4.78 is 42.4. The van der Waals surface area contributed by atoms with E-state index in [1.807, 2.05) is 37.2 Å². The fraction of sp³-hybridized carbons (Fsp3) is 0.200. The van der Waals surface area contributed by atoms with Crippen molar-refractivity contribution in [3.63, 3.8) is 0 Å². The third kappa shape index (κ3) is 4.10. The number of aromatic amines is 1. The van der Waals surface area contributed by atoms with Gasteiger partial charge >= 0.3 is 6.36 Å². The molecule has 0 atom stereocenters. The number of aromatic nitrogens is 2. The molecule has 0 unspecified atom stereocenters. The molecular weight excluding hydrogens is 403 g/mol. The van der Waals surface area contributed by atoms with Crippen molar-refractivity contribution < 1.29 is 17.9 Å². The fourth-order valence-electron chi connectivity index (χ4n) is 3.10. The van der Waals surface area contributed by atoms with E-state index in [4.69, 9.17) is 0 Å². The van der Waals surface area contributed by atoms with Crippen LogP contribution in [0.1, 0.15) is 5.82 Å². The number of alkyl halides is 3. The minimum Gasteiger partial charge on any atom is -0.406 e. The van der Waals surface area contributed by atoms with Gasteiger partial charge in [-0.05, 0) is 49.5 Å². The summed E-state index contributed by atoms with van der Waals surface area (Å²) in [5, 5.41) is 0.837. The molecular formula is C20H16F3N3O2S. The van der Waals surface area contributed by atoms with E-state index in [0.29, 0.717) is 22.6 Å². The molecule has 2 aromatic carbocycles. The molecule has 0 saturated carbocycles. The first kappa shape index (κ1) is 19.4. The van der Waals surface area contributed by atoms with Gasteiger partial charge in [-0.15, -0.1) is 24.5 Å². The standard InChI is InChI=1S/C20H16F3N3O2S/c1-26(2)10-16-24-17-14-9-12(5-8-15(14)29-18(17)19(27)25-16)11-3-6-13(7-4-11)28-20(21,22)23/h3-9H,10H2,1-2H3,(H,24,25,27). The van der Waals surface area contributed by atoms with Gasteiger partial charge in [0.05, 0.1) is 12.1 Å². The van der Waals surface area contributed by atoms with Gasteiger partial charge in [-0.2, -0.15) is 0 Å². The van der Waals surface area contributed by atoms with Crippen LogP contribution >= 0.6 is 11.3 Å². The molecule has 2 aromatic heterocycles. The summed E-state index contributed by atoms with van der Waals surface area (Å²) in [4.78, 5) is 21.8. The number of fused-ring (bicyclic) bond motifs is 3.